The molecule has 0 atom stereocenters. The van der Waals surface area contributed by atoms with Crippen molar-refractivity contribution in [3.05, 3.63) is 79.6 Å². The second kappa shape index (κ2) is 8.39. The third kappa shape index (κ3) is 4.00. The van der Waals surface area contributed by atoms with Gasteiger partial charge in [-0.1, -0.05) is 45.2 Å². The number of nitrogens with zero attached hydrogens (tertiary/aromatic N) is 4. The Balaban J connectivity index is 1.79. The molecule has 0 bridgehead atoms. The SMILES string of the molecule is O=[N+]([O-])c1c(Nc2cc(Cl)ccc2Cl)ncnc1Oc1ccc(Br)c2cccnc12. The summed E-state index contributed by atoms with van der Waals surface area (Å²) in [5, 5.41) is 16.1. The zero-order chi connectivity index (χ0) is 21.3. The first-order valence-electron chi connectivity index (χ1n) is 8.36. The van der Waals surface area contributed by atoms with E-state index in [-0.39, 0.29) is 11.7 Å². The fourth-order valence-corrected chi connectivity index (χ4v) is 3.50. The van der Waals surface area contributed by atoms with Crippen LogP contribution in [-0.2, 0) is 0 Å². The van der Waals surface area contributed by atoms with Crippen LogP contribution >= 0.6 is 39.1 Å². The van der Waals surface area contributed by atoms with Crippen molar-refractivity contribution < 1.29 is 9.66 Å². The van der Waals surface area contributed by atoms with Gasteiger partial charge >= 0.3 is 11.6 Å². The maximum Gasteiger partial charge on any atom is 0.373 e. The van der Waals surface area contributed by atoms with E-state index in [0.717, 1.165) is 16.2 Å². The van der Waals surface area contributed by atoms with Gasteiger partial charge in [0.2, 0.25) is 5.82 Å². The maximum absolute atomic E-state index is 11.8. The Morgan fingerprint density at radius 2 is 1.93 bits per heavy atom. The Kier molecular flexibility index (Phi) is 5.67. The number of pyridine rings is 1. The summed E-state index contributed by atoms with van der Waals surface area (Å²) in [6, 6.07) is 11.7. The van der Waals surface area contributed by atoms with Gasteiger partial charge in [0, 0.05) is 21.1 Å². The highest BCUT2D eigenvalue weighted by Crippen LogP contribution is 2.39. The van der Waals surface area contributed by atoms with E-state index in [1.807, 2.05) is 6.07 Å². The van der Waals surface area contributed by atoms with E-state index in [1.165, 1.54) is 6.07 Å². The highest BCUT2D eigenvalue weighted by molar-refractivity contribution is 9.10. The van der Waals surface area contributed by atoms with Crippen molar-refractivity contribution in [1.29, 1.82) is 0 Å². The molecular weight excluding hydrogens is 497 g/mol. The number of nitro groups is 1. The molecule has 0 aliphatic carbocycles. The first kappa shape index (κ1) is 20.3. The van der Waals surface area contributed by atoms with Crippen LogP contribution in [0.5, 0.6) is 11.6 Å². The molecule has 2 aromatic carbocycles. The number of rotatable bonds is 5. The zero-order valence-electron chi connectivity index (χ0n) is 14.8. The molecule has 2 heterocycles. The number of anilines is 2. The average Bonchev–Trinajstić information content (AvgIpc) is 2.73. The first-order valence-corrected chi connectivity index (χ1v) is 9.91. The largest absolute Gasteiger partial charge is 0.431 e. The van der Waals surface area contributed by atoms with Crippen molar-refractivity contribution in [2.75, 3.05) is 5.32 Å². The van der Waals surface area contributed by atoms with E-state index in [2.05, 4.69) is 36.2 Å². The van der Waals surface area contributed by atoms with Gasteiger partial charge in [0.25, 0.3) is 0 Å². The Hall–Kier alpha value is -3.01. The minimum Gasteiger partial charge on any atom is -0.431 e. The molecule has 0 aliphatic rings. The third-order valence-electron chi connectivity index (χ3n) is 4.04. The number of ether oxygens (including phenoxy) is 1. The smallest absolute Gasteiger partial charge is 0.373 e. The number of hydrogen-bond acceptors (Lipinski definition) is 7. The van der Waals surface area contributed by atoms with Crippen LogP contribution < -0.4 is 10.1 Å². The molecule has 0 amide bonds. The van der Waals surface area contributed by atoms with Crippen molar-refractivity contribution in [2.45, 2.75) is 0 Å². The number of hydrogen-bond donors (Lipinski definition) is 1. The molecule has 1 N–H and O–H groups in total. The molecule has 8 nitrogen and oxygen atoms in total. The maximum atomic E-state index is 11.8. The van der Waals surface area contributed by atoms with Crippen LogP contribution in [0, 0.1) is 10.1 Å². The van der Waals surface area contributed by atoms with Gasteiger partial charge in [0.15, 0.2) is 5.75 Å². The molecule has 0 aliphatic heterocycles. The van der Waals surface area contributed by atoms with E-state index in [4.69, 9.17) is 27.9 Å². The second-order valence-corrected chi connectivity index (χ2v) is 7.63. The number of fused-ring (bicyclic) bond motifs is 1. The lowest BCUT2D eigenvalue weighted by molar-refractivity contribution is -0.385. The highest BCUT2D eigenvalue weighted by Gasteiger charge is 2.26. The van der Waals surface area contributed by atoms with Crippen molar-refractivity contribution in [3.63, 3.8) is 0 Å². The molecule has 4 aromatic rings. The minimum atomic E-state index is -0.634. The highest BCUT2D eigenvalue weighted by atomic mass is 79.9. The molecule has 0 fully saturated rings. The summed E-state index contributed by atoms with van der Waals surface area (Å²) in [4.78, 5) is 23.4. The molecule has 30 heavy (non-hydrogen) atoms. The van der Waals surface area contributed by atoms with E-state index in [9.17, 15) is 10.1 Å². The lowest BCUT2D eigenvalue weighted by Crippen LogP contribution is -2.04. The van der Waals surface area contributed by atoms with Gasteiger partial charge < -0.3 is 10.1 Å². The third-order valence-corrected chi connectivity index (χ3v) is 5.30. The van der Waals surface area contributed by atoms with Gasteiger partial charge in [0.05, 0.1) is 15.6 Å². The Morgan fingerprint density at radius 3 is 2.73 bits per heavy atom. The molecule has 11 heteroatoms. The summed E-state index contributed by atoms with van der Waals surface area (Å²) in [7, 11) is 0. The molecule has 0 spiro atoms. The summed E-state index contributed by atoms with van der Waals surface area (Å²) in [6.45, 7) is 0. The van der Waals surface area contributed by atoms with Crippen LogP contribution in [0.1, 0.15) is 0 Å². The van der Waals surface area contributed by atoms with Gasteiger partial charge in [-0.25, -0.2) is 4.98 Å². The van der Waals surface area contributed by atoms with E-state index < -0.39 is 10.6 Å². The molecular formula is C19H10BrCl2N5O3. The first-order chi connectivity index (χ1) is 14.4. The quantitative estimate of drug-likeness (QED) is 0.242. The molecule has 0 radical (unpaired) electrons. The van der Waals surface area contributed by atoms with Crippen molar-refractivity contribution in [1.82, 2.24) is 15.0 Å². The normalized spacial score (nSPS) is 10.8. The van der Waals surface area contributed by atoms with Gasteiger partial charge in [0.1, 0.15) is 11.8 Å². The fraction of sp³-hybridized carbons (Fsp3) is 0. The van der Waals surface area contributed by atoms with Crippen molar-refractivity contribution >= 4 is 67.2 Å². The lowest BCUT2D eigenvalue weighted by Gasteiger charge is -2.12. The lowest BCUT2D eigenvalue weighted by atomic mass is 10.2. The summed E-state index contributed by atoms with van der Waals surface area (Å²) in [5.41, 5.74) is 0.417. The van der Waals surface area contributed by atoms with Gasteiger partial charge in [-0.2, -0.15) is 4.98 Å². The van der Waals surface area contributed by atoms with E-state index in [0.29, 0.717) is 27.0 Å². The van der Waals surface area contributed by atoms with Crippen LogP contribution in [0.15, 0.2) is 59.5 Å². The summed E-state index contributed by atoms with van der Waals surface area (Å²) >= 11 is 15.6. The summed E-state index contributed by atoms with van der Waals surface area (Å²) < 4.78 is 6.61. The number of benzene rings is 2. The Morgan fingerprint density at radius 1 is 1.10 bits per heavy atom. The summed E-state index contributed by atoms with van der Waals surface area (Å²) in [5.74, 6) is -0.0317. The molecule has 0 saturated carbocycles. The molecule has 150 valence electrons. The van der Waals surface area contributed by atoms with Gasteiger partial charge in [-0.3, -0.25) is 15.1 Å². The van der Waals surface area contributed by atoms with Crippen LogP contribution in [-0.4, -0.2) is 19.9 Å². The number of nitrogens with one attached hydrogen (secondary N) is 1. The minimum absolute atomic E-state index is 0.0939. The van der Waals surface area contributed by atoms with E-state index >= 15 is 0 Å². The monoisotopic (exact) mass is 505 g/mol. The Bertz CT molecular complexity index is 1290. The topological polar surface area (TPSA) is 103 Å². The predicted molar refractivity (Wildman–Crippen MR) is 118 cm³/mol. The number of halogens is 3. The predicted octanol–water partition coefficient (Wildman–Crippen LogP) is 6.54. The standard InChI is InChI=1S/C19H10BrCl2N5O3/c20-12-4-6-15(16-11(12)2-1-7-23-16)30-19-17(27(28)29)18(24-9-25-19)26-14-8-10(21)3-5-13(14)22/h1-9H,(H,24,25,26). The van der Waals surface area contributed by atoms with Crippen LogP contribution in [0.25, 0.3) is 10.9 Å². The molecule has 0 saturated heterocycles. The second-order valence-electron chi connectivity index (χ2n) is 5.93. The van der Waals surface area contributed by atoms with Crippen molar-refractivity contribution in [3.8, 4) is 11.6 Å². The van der Waals surface area contributed by atoms with Crippen LogP contribution in [0.3, 0.4) is 0 Å². The van der Waals surface area contributed by atoms with Crippen LogP contribution in [0.2, 0.25) is 10.0 Å². The summed E-state index contributed by atoms with van der Waals surface area (Å²) in [6.07, 6.45) is 2.75. The molecule has 0 unspecified atom stereocenters. The van der Waals surface area contributed by atoms with Crippen LogP contribution in [0.4, 0.5) is 17.2 Å². The van der Waals surface area contributed by atoms with E-state index in [1.54, 1.807) is 36.5 Å². The molecule has 4 rings (SSSR count). The van der Waals surface area contributed by atoms with Gasteiger partial charge in [-0.15, -0.1) is 0 Å². The Labute approximate surface area is 188 Å². The fourth-order valence-electron chi connectivity index (χ4n) is 2.71. The number of aromatic nitrogens is 3. The average molecular weight is 507 g/mol. The molecule has 2 aromatic heterocycles. The zero-order valence-corrected chi connectivity index (χ0v) is 17.9. The van der Waals surface area contributed by atoms with Crippen molar-refractivity contribution in [2.24, 2.45) is 0 Å². The van der Waals surface area contributed by atoms with Gasteiger partial charge in [-0.05, 0) is 36.4 Å².